The average Bonchev–Trinajstić information content (AvgIpc) is 3.54. The number of ether oxygens (including phenoxy) is 1. The minimum Gasteiger partial charge on any atom is -0.493 e. The Kier molecular flexibility index (Phi) is 8.91. The minimum atomic E-state index is 0.259. The molecule has 6 rings (SSSR count). The smallest absolute Gasteiger partial charge is 0.186 e. The molecule has 1 N–H and O–H groups in total. The molecule has 0 bridgehead atoms. The second kappa shape index (κ2) is 13.5. The highest BCUT2D eigenvalue weighted by Crippen LogP contribution is 2.37. The van der Waals surface area contributed by atoms with E-state index in [1.165, 1.54) is 16.7 Å². The molecule has 0 aliphatic carbocycles. The van der Waals surface area contributed by atoms with Crippen molar-refractivity contribution in [2.45, 2.75) is 38.3 Å². The number of hydrogen-bond donors (Lipinski definition) is 1. The number of nitrogens with one attached hydrogen (secondary N) is 1. The molecule has 0 amide bonds. The van der Waals surface area contributed by atoms with E-state index in [4.69, 9.17) is 9.72 Å². The Morgan fingerprint density at radius 2 is 1.67 bits per heavy atom. The highest BCUT2D eigenvalue weighted by molar-refractivity contribution is 7.14. The number of aromatic nitrogens is 1. The first-order chi connectivity index (χ1) is 20.7. The van der Waals surface area contributed by atoms with Crippen LogP contribution in [0.1, 0.15) is 41.0 Å². The number of carbonyl (C=O) groups excluding carboxylic acids is 1. The maximum atomic E-state index is 11.1. The summed E-state index contributed by atoms with van der Waals surface area (Å²) in [6.45, 7) is 3.07. The summed E-state index contributed by atoms with van der Waals surface area (Å²) >= 11 is 1.71. The highest BCUT2D eigenvalue weighted by Gasteiger charge is 2.21. The Morgan fingerprint density at radius 3 is 2.45 bits per heavy atom. The van der Waals surface area contributed by atoms with Gasteiger partial charge in [-0.2, -0.15) is 0 Å². The van der Waals surface area contributed by atoms with Gasteiger partial charge in [0.15, 0.2) is 5.13 Å². The molecule has 5 aromatic rings. The van der Waals surface area contributed by atoms with Crippen LogP contribution < -0.4 is 15.0 Å². The fourth-order valence-electron chi connectivity index (χ4n) is 5.42. The van der Waals surface area contributed by atoms with Crippen molar-refractivity contribution in [3.05, 3.63) is 131 Å². The molecule has 0 saturated carbocycles. The van der Waals surface area contributed by atoms with Crippen LogP contribution in [-0.4, -0.2) is 24.4 Å². The Morgan fingerprint density at radius 1 is 0.905 bits per heavy atom. The molecule has 2 heterocycles. The van der Waals surface area contributed by atoms with Crippen molar-refractivity contribution in [2.24, 2.45) is 0 Å². The quantitative estimate of drug-likeness (QED) is 0.153. The number of carbonyl (C=O) groups is 1. The van der Waals surface area contributed by atoms with E-state index in [0.717, 1.165) is 72.2 Å². The van der Waals surface area contributed by atoms with Crippen molar-refractivity contribution in [1.29, 1.82) is 0 Å². The van der Waals surface area contributed by atoms with E-state index in [-0.39, 0.29) is 5.92 Å². The molecule has 4 aromatic carbocycles. The monoisotopic (exact) mass is 573 g/mol. The lowest BCUT2D eigenvalue weighted by Gasteiger charge is -2.25. The number of fused-ring (bicyclic) bond motifs is 1. The number of benzene rings is 4. The summed E-state index contributed by atoms with van der Waals surface area (Å²) < 4.78 is 5.89. The van der Waals surface area contributed by atoms with Gasteiger partial charge in [0.1, 0.15) is 12.0 Å². The first kappa shape index (κ1) is 27.7. The zero-order chi connectivity index (χ0) is 28.6. The topological polar surface area (TPSA) is 54.5 Å². The Bertz CT molecular complexity index is 1590. The van der Waals surface area contributed by atoms with E-state index < -0.39 is 0 Å². The summed E-state index contributed by atoms with van der Waals surface area (Å²) in [6, 6.07) is 36.1. The number of thiazole rings is 1. The van der Waals surface area contributed by atoms with E-state index in [0.29, 0.717) is 13.0 Å². The van der Waals surface area contributed by atoms with Crippen molar-refractivity contribution >= 4 is 28.4 Å². The van der Waals surface area contributed by atoms with Crippen LogP contribution in [0.5, 0.6) is 5.75 Å². The predicted molar refractivity (Wildman–Crippen MR) is 172 cm³/mol. The standard InChI is InChI=1S/C36H35N3O2S/c40-21-18-30-19-22-41-35-23-32(15-16-33(30)35)37-24-28-11-13-29(14-12-28)25-39(20-17-27-7-3-1-4-8-27)36-38-34(26-42-36)31-9-5-2-6-10-31/h1-16,21,23,26,30,37H,17-20,22,24-25H2. The van der Waals surface area contributed by atoms with Gasteiger partial charge in [-0.25, -0.2) is 4.98 Å². The second-order valence-electron chi connectivity index (χ2n) is 10.7. The van der Waals surface area contributed by atoms with Gasteiger partial charge in [-0.3, -0.25) is 0 Å². The van der Waals surface area contributed by atoms with E-state index >= 15 is 0 Å². The van der Waals surface area contributed by atoms with Crippen molar-refractivity contribution in [1.82, 2.24) is 4.98 Å². The number of anilines is 2. The highest BCUT2D eigenvalue weighted by atomic mass is 32.1. The van der Waals surface area contributed by atoms with Crippen LogP contribution in [0.2, 0.25) is 0 Å². The fourth-order valence-corrected chi connectivity index (χ4v) is 6.29. The van der Waals surface area contributed by atoms with Gasteiger partial charge in [0, 0.05) is 48.8 Å². The maximum Gasteiger partial charge on any atom is 0.186 e. The third-order valence-corrected chi connectivity index (χ3v) is 8.70. The third kappa shape index (κ3) is 6.89. The predicted octanol–water partition coefficient (Wildman–Crippen LogP) is 8.13. The van der Waals surface area contributed by atoms with Gasteiger partial charge in [-0.15, -0.1) is 11.3 Å². The van der Waals surface area contributed by atoms with E-state index in [1.54, 1.807) is 11.3 Å². The normalized spacial score (nSPS) is 14.0. The molecule has 0 spiro atoms. The van der Waals surface area contributed by atoms with Crippen LogP contribution in [-0.2, 0) is 24.3 Å². The first-order valence-corrected chi connectivity index (χ1v) is 15.4. The molecule has 1 atom stereocenters. The van der Waals surface area contributed by atoms with E-state index in [9.17, 15) is 4.79 Å². The number of aldehydes is 1. The summed E-state index contributed by atoms with van der Waals surface area (Å²) in [6.07, 6.45) is 3.42. The minimum absolute atomic E-state index is 0.259. The molecule has 6 heteroatoms. The first-order valence-electron chi connectivity index (χ1n) is 14.6. The molecule has 1 unspecified atom stereocenters. The largest absolute Gasteiger partial charge is 0.493 e. The molecule has 212 valence electrons. The zero-order valence-corrected chi connectivity index (χ0v) is 24.4. The van der Waals surface area contributed by atoms with Crippen molar-refractivity contribution < 1.29 is 9.53 Å². The van der Waals surface area contributed by atoms with Gasteiger partial charge in [0.05, 0.1) is 12.3 Å². The lowest BCUT2D eigenvalue weighted by molar-refractivity contribution is -0.108. The Hall–Kier alpha value is -4.42. The molecular weight excluding hydrogens is 538 g/mol. The summed E-state index contributed by atoms with van der Waals surface area (Å²) in [5.41, 5.74) is 8.13. The van der Waals surface area contributed by atoms with Gasteiger partial charge >= 0.3 is 0 Å². The number of hydrogen-bond acceptors (Lipinski definition) is 6. The van der Waals surface area contributed by atoms with Gasteiger partial charge in [-0.05, 0) is 47.1 Å². The summed E-state index contributed by atoms with van der Waals surface area (Å²) in [7, 11) is 0. The summed E-state index contributed by atoms with van der Waals surface area (Å²) in [5.74, 6) is 1.15. The van der Waals surface area contributed by atoms with Crippen LogP contribution in [0.25, 0.3) is 11.3 Å². The molecule has 1 aliphatic rings. The molecule has 5 nitrogen and oxygen atoms in total. The number of nitrogens with zero attached hydrogens (tertiary/aromatic N) is 2. The zero-order valence-electron chi connectivity index (χ0n) is 23.6. The molecule has 42 heavy (non-hydrogen) atoms. The van der Waals surface area contributed by atoms with Crippen LogP contribution in [0.4, 0.5) is 10.8 Å². The molecule has 0 radical (unpaired) electrons. The van der Waals surface area contributed by atoms with Gasteiger partial charge in [0.2, 0.25) is 0 Å². The summed E-state index contributed by atoms with van der Waals surface area (Å²) in [5, 5.41) is 6.73. The molecule has 1 aliphatic heterocycles. The Balaban J connectivity index is 1.12. The van der Waals surface area contributed by atoms with Crippen molar-refractivity contribution in [2.75, 3.05) is 23.4 Å². The summed E-state index contributed by atoms with van der Waals surface area (Å²) in [4.78, 5) is 18.5. The Labute approximate surface area is 251 Å². The lowest BCUT2D eigenvalue weighted by atomic mass is 9.90. The molecular formula is C36H35N3O2S. The SMILES string of the molecule is O=CCC1CCOc2cc(NCc3ccc(CN(CCc4ccccc4)c4nc(-c5ccccc5)cs4)cc3)ccc21. The van der Waals surface area contributed by atoms with Gasteiger partial charge in [-0.1, -0.05) is 91.0 Å². The lowest BCUT2D eigenvalue weighted by Crippen LogP contribution is -2.25. The molecule has 0 saturated heterocycles. The maximum absolute atomic E-state index is 11.1. The van der Waals surface area contributed by atoms with Gasteiger partial charge in [0.25, 0.3) is 0 Å². The number of rotatable bonds is 12. The van der Waals surface area contributed by atoms with E-state index in [1.807, 2.05) is 6.07 Å². The third-order valence-electron chi connectivity index (χ3n) is 7.80. The van der Waals surface area contributed by atoms with Crippen LogP contribution >= 0.6 is 11.3 Å². The molecule has 0 fully saturated rings. The second-order valence-corrected chi connectivity index (χ2v) is 11.5. The average molecular weight is 574 g/mol. The fraction of sp³-hybridized carbons (Fsp3) is 0.222. The van der Waals surface area contributed by atoms with Gasteiger partial charge < -0.3 is 19.7 Å². The van der Waals surface area contributed by atoms with Crippen molar-refractivity contribution in [3.63, 3.8) is 0 Å². The van der Waals surface area contributed by atoms with E-state index in [2.05, 4.69) is 113 Å². The van der Waals surface area contributed by atoms with Crippen LogP contribution in [0.3, 0.4) is 0 Å². The van der Waals surface area contributed by atoms with Crippen molar-refractivity contribution in [3.8, 4) is 17.0 Å². The van der Waals surface area contributed by atoms with Crippen LogP contribution in [0.15, 0.2) is 109 Å². The van der Waals surface area contributed by atoms with Crippen LogP contribution in [0, 0.1) is 0 Å². The molecule has 1 aromatic heterocycles.